The van der Waals surface area contributed by atoms with E-state index in [1.54, 1.807) is 12.3 Å². The van der Waals surface area contributed by atoms with Crippen molar-refractivity contribution in [2.24, 2.45) is 0 Å². The van der Waals surface area contributed by atoms with E-state index in [0.29, 0.717) is 0 Å². The molecule has 1 atom stereocenters. The van der Waals surface area contributed by atoms with E-state index < -0.39 is 0 Å². The number of rotatable bonds is 3. The molecule has 1 heterocycles. The fourth-order valence-corrected chi connectivity index (χ4v) is 1.77. The molecule has 0 amide bonds. The summed E-state index contributed by atoms with van der Waals surface area (Å²) in [5, 5.41) is 0. The Morgan fingerprint density at radius 2 is 2.38 bits per heavy atom. The Hall–Kier alpha value is -0.880. The van der Waals surface area contributed by atoms with Crippen molar-refractivity contribution in [3.63, 3.8) is 0 Å². The lowest BCUT2D eigenvalue weighted by Gasteiger charge is -2.05. The molecule has 1 unspecified atom stereocenters. The number of hydrogen-bond acceptors (Lipinski definition) is 2. The average molecular weight is 195 g/mol. The highest BCUT2D eigenvalue weighted by molar-refractivity contribution is 7.42. The Morgan fingerprint density at radius 3 is 2.92 bits per heavy atom. The van der Waals surface area contributed by atoms with Gasteiger partial charge in [-0.15, -0.1) is 0 Å². The van der Waals surface area contributed by atoms with Crippen LogP contribution in [0.4, 0.5) is 0 Å². The molecule has 0 aromatic heterocycles. The molecule has 70 valence electrons. The second-order valence-electron chi connectivity index (χ2n) is 3.05. The van der Waals surface area contributed by atoms with Crippen molar-refractivity contribution in [3.05, 3.63) is 35.8 Å². The second-order valence-corrected chi connectivity index (χ2v) is 4.16. The van der Waals surface area contributed by atoms with Crippen LogP contribution in [0, 0.1) is 0 Å². The van der Waals surface area contributed by atoms with Crippen molar-refractivity contribution in [2.45, 2.75) is 0 Å². The molecule has 0 saturated carbocycles. The maximum Gasteiger partial charge on any atom is 0.187 e. The van der Waals surface area contributed by atoms with Crippen LogP contribution in [-0.4, -0.2) is 30.9 Å². The molecule has 1 rings (SSSR count). The number of nitrogens with zero attached hydrogens (tertiary/aromatic N) is 1. The molecule has 0 aliphatic carbocycles. The summed E-state index contributed by atoms with van der Waals surface area (Å²) in [4.78, 5) is 13.3. The third-order valence-corrected chi connectivity index (χ3v) is 2.59. The van der Waals surface area contributed by atoms with E-state index in [9.17, 15) is 4.79 Å². The van der Waals surface area contributed by atoms with Gasteiger partial charge >= 0.3 is 0 Å². The molecule has 1 aliphatic heterocycles. The van der Waals surface area contributed by atoms with Crippen LogP contribution in [0.15, 0.2) is 35.8 Å². The molecule has 0 N–H and O–H groups in total. The molecule has 0 saturated heterocycles. The summed E-state index contributed by atoms with van der Waals surface area (Å²) in [6.07, 6.45) is 8.41. The predicted octanol–water partition coefficient (Wildman–Crippen LogP) is 1.76. The highest BCUT2D eigenvalue weighted by Gasteiger charge is 2.03. The molecule has 3 heteroatoms. The van der Waals surface area contributed by atoms with Crippen molar-refractivity contribution in [3.8, 4) is 0 Å². The molecule has 0 aromatic rings. The van der Waals surface area contributed by atoms with Crippen molar-refractivity contribution in [2.75, 3.05) is 20.3 Å². The zero-order valence-corrected chi connectivity index (χ0v) is 8.95. The molecule has 0 radical (unpaired) electrons. The van der Waals surface area contributed by atoms with Crippen molar-refractivity contribution in [1.82, 2.24) is 4.90 Å². The summed E-state index contributed by atoms with van der Waals surface area (Å²) in [6, 6.07) is 0. The lowest BCUT2D eigenvalue weighted by molar-refractivity contribution is -0.111. The van der Waals surface area contributed by atoms with E-state index in [4.69, 9.17) is 0 Å². The standard InChI is InChI=1S/C10H14NOP/c1-11(2)6-5-10(12)9-4-3-7-13-8-9/h3-6,8,13H,7H2,1-2H3/b6-5+. The van der Waals surface area contributed by atoms with Gasteiger partial charge in [0.1, 0.15) is 0 Å². The monoisotopic (exact) mass is 195 g/mol. The van der Waals surface area contributed by atoms with E-state index >= 15 is 0 Å². The van der Waals surface area contributed by atoms with Gasteiger partial charge in [0.05, 0.1) is 0 Å². The van der Waals surface area contributed by atoms with Gasteiger partial charge in [0.25, 0.3) is 0 Å². The summed E-state index contributed by atoms with van der Waals surface area (Å²) in [5.74, 6) is 2.11. The summed E-state index contributed by atoms with van der Waals surface area (Å²) in [5.41, 5.74) is 0.822. The van der Waals surface area contributed by atoms with Gasteiger partial charge in [0, 0.05) is 31.9 Å². The van der Waals surface area contributed by atoms with E-state index in [-0.39, 0.29) is 5.78 Å². The van der Waals surface area contributed by atoms with Crippen LogP contribution < -0.4 is 0 Å². The van der Waals surface area contributed by atoms with E-state index in [2.05, 4.69) is 6.08 Å². The summed E-state index contributed by atoms with van der Waals surface area (Å²) in [6.45, 7) is 0. The van der Waals surface area contributed by atoms with Crippen molar-refractivity contribution in [1.29, 1.82) is 0 Å². The third-order valence-electron chi connectivity index (χ3n) is 1.60. The Morgan fingerprint density at radius 1 is 1.62 bits per heavy atom. The first-order chi connectivity index (χ1) is 6.20. The first-order valence-electron chi connectivity index (χ1n) is 4.19. The SMILES string of the molecule is CN(C)/C=C/C(=O)C1=CPCC=C1. The van der Waals surface area contributed by atoms with Crippen molar-refractivity contribution < 1.29 is 4.79 Å². The summed E-state index contributed by atoms with van der Waals surface area (Å²) >= 11 is 0. The predicted molar refractivity (Wildman–Crippen MR) is 58.2 cm³/mol. The Bertz CT molecular complexity index is 277. The fraction of sp³-hybridized carbons (Fsp3) is 0.300. The van der Waals surface area contributed by atoms with Gasteiger partial charge in [-0.2, -0.15) is 0 Å². The van der Waals surface area contributed by atoms with Crippen LogP contribution in [0.5, 0.6) is 0 Å². The van der Waals surface area contributed by atoms with E-state index in [1.807, 2.05) is 30.9 Å². The van der Waals surface area contributed by atoms with Gasteiger partial charge in [0.2, 0.25) is 0 Å². The second kappa shape index (κ2) is 4.98. The first-order valence-corrected chi connectivity index (χ1v) is 5.47. The lowest BCUT2D eigenvalue weighted by Crippen LogP contribution is -2.04. The molecule has 0 bridgehead atoms. The minimum atomic E-state index is 0.0946. The first kappa shape index (κ1) is 10.2. The van der Waals surface area contributed by atoms with E-state index in [1.165, 1.54) is 0 Å². The number of carbonyl (C=O) groups is 1. The van der Waals surface area contributed by atoms with Gasteiger partial charge in [-0.1, -0.05) is 26.5 Å². The number of carbonyl (C=O) groups excluding carboxylic acids is 1. The highest BCUT2D eigenvalue weighted by Crippen LogP contribution is 2.21. The quantitative estimate of drug-likeness (QED) is 0.505. The van der Waals surface area contributed by atoms with Crippen LogP contribution in [0.2, 0.25) is 0 Å². The molecule has 0 fully saturated rings. The van der Waals surface area contributed by atoms with Gasteiger partial charge in [-0.25, -0.2) is 0 Å². The zero-order valence-electron chi connectivity index (χ0n) is 7.95. The van der Waals surface area contributed by atoms with Gasteiger partial charge in [-0.05, 0) is 6.16 Å². The normalized spacial score (nSPS) is 17.8. The molecule has 0 aromatic carbocycles. The Balaban J connectivity index is 2.57. The minimum Gasteiger partial charge on any atom is -0.383 e. The molecular formula is C10H14NOP. The van der Waals surface area contributed by atoms with Crippen LogP contribution in [0.1, 0.15) is 0 Å². The maximum absolute atomic E-state index is 11.5. The number of hydrogen-bond donors (Lipinski definition) is 0. The average Bonchev–Trinajstić information content (AvgIpc) is 2.15. The van der Waals surface area contributed by atoms with Crippen LogP contribution in [0.3, 0.4) is 0 Å². The molecule has 0 spiro atoms. The number of ketones is 1. The summed E-state index contributed by atoms with van der Waals surface area (Å²) in [7, 11) is 4.56. The minimum absolute atomic E-state index is 0.0946. The fourth-order valence-electron chi connectivity index (χ4n) is 0.937. The smallest absolute Gasteiger partial charge is 0.187 e. The van der Waals surface area contributed by atoms with Gasteiger partial charge in [0.15, 0.2) is 5.78 Å². The Kier molecular flexibility index (Phi) is 3.91. The molecule has 1 aliphatic rings. The Labute approximate surface area is 80.8 Å². The van der Waals surface area contributed by atoms with Gasteiger partial charge < -0.3 is 4.90 Å². The van der Waals surface area contributed by atoms with Crippen LogP contribution in [0.25, 0.3) is 0 Å². The van der Waals surface area contributed by atoms with Crippen LogP contribution >= 0.6 is 8.58 Å². The molecule has 13 heavy (non-hydrogen) atoms. The summed E-state index contributed by atoms with van der Waals surface area (Å²) < 4.78 is 0. The zero-order chi connectivity index (χ0) is 9.68. The van der Waals surface area contributed by atoms with Gasteiger partial charge in [-0.3, -0.25) is 4.79 Å². The van der Waals surface area contributed by atoms with Crippen LogP contribution in [-0.2, 0) is 4.79 Å². The third kappa shape index (κ3) is 3.56. The lowest BCUT2D eigenvalue weighted by atomic mass is 10.2. The number of allylic oxidation sites excluding steroid dienone is 4. The topological polar surface area (TPSA) is 20.3 Å². The largest absolute Gasteiger partial charge is 0.383 e. The molecule has 2 nitrogen and oxygen atoms in total. The molecular weight excluding hydrogens is 181 g/mol. The van der Waals surface area contributed by atoms with Crippen molar-refractivity contribution >= 4 is 14.4 Å². The maximum atomic E-state index is 11.5. The van der Waals surface area contributed by atoms with E-state index in [0.717, 1.165) is 20.3 Å². The highest BCUT2D eigenvalue weighted by atomic mass is 31.1.